The molecule has 38 heavy (non-hydrogen) atoms. The second-order valence-electron chi connectivity index (χ2n) is 13.5. The van der Waals surface area contributed by atoms with Crippen LogP contribution < -0.4 is 10.9 Å². The molecular weight excluding hydrogens is 498 g/mol. The number of hydrogen-bond donors (Lipinski definition) is 4. The van der Waals surface area contributed by atoms with Gasteiger partial charge in [-0.1, -0.05) is 32.4 Å². The third-order valence-corrected chi connectivity index (χ3v) is 12.1. The Labute approximate surface area is 233 Å². The van der Waals surface area contributed by atoms with Crippen molar-refractivity contribution in [3.8, 4) is 0 Å². The van der Waals surface area contributed by atoms with Gasteiger partial charge in [-0.15, -0.1) is 0 Å². The zero-order valence-electron chi connectivity index (χ0n) is 23.7. The summed E-state index contributed by atoms with van der Waals surface area (Å²) in [5, 5.41) is 26.5. The molecule has 4 aliphatic rings. The smallest absolute Gasteiger partial charge is 0.335 e. The van der Waals surface area contributed by atoms with E-state index in [-0.39, 0.29) is 51.9 Å². The molecule has 3 aliphatic carbocycles. The van der Waals surface area contributed by atoms with E-state index >= 15 is 0 Å². The van der Waals surface area contributed by atoms with Gasteiger partial charge in [-0.25, -0.2) is 4.79 Å². The zero-order valence-corrected chi connectivity index (χ0v) is 24.5. The molecule has 1 aliphatic heterocycles. The highest BCUT2D eigenvalue weighted by atomic mass is 32.1. The van der Waals surface area contributed by atoms with Crippen molar-refractivity contribution in [2.45, 2.75) is 121 Å². The van der Waals surface area contributed by atoms with E-state index in [2.05, 4.69) is 51.7 Å². The lowest BCUT2D eigenvalue weighted by molar-refractivity contribution is -0.197. The SMILES string of the molecule is CC(Cc1ccc(=O)oc1)C1(C)CCC2C(CCC3=CC(NC4O[C@@H](C)C(S)C[C@H]4O)CCC32C)C1(C)O. The number of thiol groups is 1. The fourth-order valence-electron chi connectivity index (χ4n) is 8.50. The van der Waals surface area contributed by atoms with Gasteiger partial charge in [0.15, 0.2) is 0 Å². The van der Waals surface area contributed by atoms with E-state index in [4.69, 9.17) is 9.15 Å². The standard InChI is InChI=1S/C31H47NO5S/c1-18(14-20-6-9-27(34)36-17-20)30(4)13-11-23-24(31(30,5)35)8-7-21-15-22(10-12-29(21,23)3)32-28-25(33)16-26(38)19(2)37-28/h6,9,15,17-19,22-26,28,32-33,35,38H,7-8,10-14,16H2,1-5H3/t18?,19-,22?,23?,24?,25+,26?,28?,29?,30?,31?/m0/s1. The number of aliphatic hydroxyl groups is 2. The van der Waals surface area contributed by atoms with Gasteiger partial charge in [0.05, 0.1) is 24.1 Å². The molecule has 0 aromatic carbocycles. The molecule has 1 aromatic heterocycles. The Kier molecular flexibility index (Phi) is 7.75. The van der Waals surface area contributed by atoms with Gasteiger partial charge in [0.2, 0.25) is 0 Å². The maximum Gasteiger partial charge on any atom is 0.335 e. The first-order valence-corrected chi connectivity index (χ1v) is 15.2. The minimum Gasteiger partial charge on any atom is -0.431 e. The summed E-state index contributed by atoms with van der Waals surface area (Å²) in [6, 6.07) is 3.53. The maximum atomic E-state index is 12.3. The van der Waals surface area contributed by atoms with E-state index < -0.39 is 11.7 Å². The Hall–Kier alpha value is -1.12. The van der Waals surface area contributed by atoms with Gasteiger partial charge in [-0.3, -0.25) is 5.32 Å². The molecular formula is C31H47NO5S. The minimum atomic E-state index is -0.784. The van der Waals surface area contributed by atoms with Crippen LogP contribution in [0.25, 0.3) is 0 Å². The number of aliphatic hydroxyl groups excluding tert-OH is 1. The zero-order chi connectivity index (χ0) is 27.5. The molecule has 9 unspecified atom stereocenters. The first-order chi connectivity index (χ1) is 17.8. The normalized spacial score (nSPS) is 46.0. The van der Waals surface area contributed by atoms with E-state index in [9.17, 15) is 15.0 Å². The van der Waals surface area contributed by atoms with E-state index in [1.165, 1.54) is 11.6 Å². The predicted octanol–water partition coefficient (Wildman–Crippen LogP) is 4.87. The van der Waals surface area contributed by atoms with Gasteiger partial charge >= 0.3 is 5.63 Å². The molecule has 2 saturated carbocycles. The molecule has 0 amide bonds. The molecule has 212 valence electrons. The molecule has 11 atom stereocenters. The summed E-state index contributed by atoms with van der Waals surface area (Å²) in [5.41, 5.74) is 1.28. The highest BCUT2D eigenvalue weighted by Gasteiger charge is 2.61. The second kappa shape index (κ2) is 10.4. The first-order valence-electron chi connectivity index (χ1n) is 14.6. The van der Waals surface area contributed by atoms with Crippen LogP contribution in [0.3, 0.4) is 0 Å². The highest BCUT2D eigenvalue weighted by molar-refractivity contribution is 7.81. The third kappa shape index (κ3) is 4.85. The average Bonchev–Trinajstić information content (AvgIpc) is 2.86. The molecule has 3 fully saturated rings. The van der Waals surface area contributed by atoms with Gasteiger partial charge in [0.1, 0.15) is 6.23 Å². The number of allylic oxidation sites excluding steroid dienone is 1. The molecule has 3 N–H and O–H groups in total. The molecule has 1 saturated heterocycles. The fraction of sp³-hybridized carbons (Fsp3) is 0.774. The molecule has 0 radical (unpaired) electrons. The van der Waals surface area contributed by atoms with Crippen molar-refractivity contribution in [1.29, 1.82) is 0 Å². The lowest BCUT2D eigenvalue weighted by atomic mass is 9.44. The molecule has 0 spiro atoms. The Morgan fingerprint density at radius 3 is 2.63 bits per heavy atom. The van der Waals surface area contributed by atoms with Crippen LogP contribution in [0, 0.1) is 28.6 Å². The van der Waals surface area contributed by atoms with Crippen molar-refractivity contribution in [3.05, 3.63) is 46.0 Å². The van der Waals surface area contributed by atoms with Gasteiger partial charge in [0.25, 0.3) is 0 Å². The van der Waals surface area contributed by atoms with E-state index in [1.807, 2.05) is 13.0 Å². The minimum absolute atomic E-state index is 0.0118. The van der Waals surface area contributed by atoms with Gasteiger partial charge in [-0.2, -0.15) is 12.6 Å². The highest BCUT2D eigenvalue weighted by Crippen LogP contribution is 2.64. The maximum absolute atomic E-state index is 12.3. The quantitative estimate of drug-likeness (QED) is 0.312. The molecule has 1 aromatic rings. The third-order valence-electron chi connectivity index (χ3n) is 11.5. The Bertz CT molecular complexity index is 1080. The van der Waals surface area contributed by atoms with Crippen LogP contribution >= 0.6 is 12.6 Å². The van der Waals surface area contributed by atoms with E-state index in [0.29, 0.717) is 12.3 Å². The monoisotopic (exact) mass is 545 g/mol. The second-order valence-corrected chi connectivity index (χ2v) is 14.1. The lowest BCUT2D eigenvalue weighted by Gasteiger charge is -2.63. The van der Waals surface area contributed by atoms with Gasteiger partial charge in [-0.05, 0) is 105 Å². The van der Waals surface area contributed by atoms with Crippen molar-refractivity contribution in [2.24, 2.45) is 28.6 Å². The van der Waals surface area contributed by atoms with E-state index in [0.717, 1.165) is 50.5 Å². The van der Waals surface area contributed by atoms with Crippen LogP contribution in [-0.4, -0.2) is 45.5 Å². The molecule has 7 heteroatoms. The van der Waals surface area contributed by atoms with Crippen LogP contribution in [-0.2, 0) is 11.2 Å². The van der Waals surface area contributed by atoms with Crippen LogP contribution in [0.1, 0.15) is 85.1 Å². The van der Waals surface area contributed by atoms with Gasteiger partial charge < -0.3 is 19.4 Å². The summed E-state index contributed by atoms with van der Waals surface area (Å²) in [6.07, 6.45) is 10.7. The van der Waals surface area contributed by atoms with Crippen molar-refractivity contribution in [2.75, 3.05) is 0 Å². The van der Waals surface area contributed by atoms with E-state index in [1.54, 1.807) is 6.26 Å². The van der Waals surface area contributed by atoms with Crippen molar-refractivity contribution in [1.82, 2.24) is 5.32 Å². The van der Waals surface area contributed by atoms with Crippen LogP contribution in [0.2, 0.25) is 0 Å². The summed E-state index contributed by atoms with van der Waals surface area (Å²) in [6.45, 7) is 11.1. The van der Waals surface area contributed by atoms with Crippen molar-refractivity contribution < 1.29 is 19.4 Å². The number of fused-ring (bicyclic) bond motifs is 3. The lowest BCUT2D eigenvalue weighted by Crippen LogP contribution is -2.62. The average molecular weight is 546 g/mol. The fourth-order valence-corrected chi connectivity index (χ4v) is 8.79. The summed E-state index contributed by atoms with van der Waals surface area (Å²) in [5.74, 6) is 0.952. The molecule has 5 rings (SSSR count). The number of ether oxygens (including phenoxy) is 1. The van der Waals surface area contributed by atoms with Crippen LogP contribution in [0.4, 0.5) is 0 Å². The van der Waals surface area contributed by atoms with Crippen molar-refractivity contribution in [3.63, 3.8) is 0 Å². The topological polar surface area (TPSA) is 91.9 Å². The number of hydrogen-bond acceptors (Lipinski definition) is 7. The molecule has 6 nitrogen and oxygen atoms in total. The first kappa shape index (κ1) is 28.4. The van der Waals surface area contributed by atoms with Gasteiger partial charge in [0, 0.05) is 17.4 Å². The molecule has 0 bridgehead atoms. The summed E-state index contributed by atoms with van der Waals surface area (Å²) in [7, 11) is 0. The van der Waals surface area contributed by atoms with Crippen molar-refractivity contribution >= 4 is 12.6 Å². The summed E-state index contributed by atoms with van der Waals surface area (Å²) < 4.78 is 11.2. The Morgan fingerprint density at radius 2 is 1.92 bits per heavy atom. The Morgan fingerprint density at radius 1 is 1.16 bits per heavy atom. The summed E-state index contributed by atoms with van der Waals surface area (Å²) in [4.78, 5) is 11.4. The molecule has 2 heterocycles. The predicted molar refractivity (Wildman–Crippen MR) is 152 cm³/mol. The number of rotatable bonds is 5. The summed E-state index contributed by atoms with van der Waals surface area (Å²) >= 11 is 4.54. The van der Waals surface area contributed by atoms with Crippen LogP contribution in [0.5, 0.6) is 0 Å². The number of nitrogens with one attached hydrogen (secondary N) is 1. The largest absolute Gasteiger partial charge is 0.431 e. The Balaban J connectivity index is 1.31. The van der Waals surface area contributed by atoms with Crippen LogP contribution in [0.15, 0.2) is 39.3 Å².